The van der Waals surface area contributed by atoms with Crippen LogP contribution in [-0.2, 0) is 11.2 Å². The SMILES string of the molecule is CCCc1ccc(OCNC(=O)NCCCOC(C)C)cc1. The topological polar surface area (TPSA) is 59.6 Å². The third-order valence-electron chi connectivity index (χ3n) is 2.99. The highest BCUT2D eigenvalue weighted by Crippen LogP contribution is 2.12. The Bertz CT molecular complexity index is 418. The lowest BCUT2D eigenvalue weighted by molar-refractivity contribution is 0.0774. The van der Waals surface area contributed by atoms with Crippen LogP contribution in [-0.4, -0.2) is 32.0 Å². The second kappa shape index (κ2) is 10.9. The number of benzene rings is 1. The van der Waals surface area contributed by atoms with E-state index in [4.69, 9.17) is 9.47 Å². The molecule has 0 saturated heterocycles. The van der Waals surface area contributed by atoms with E-state index in [-0.39, 0.29) is 18.9 Å². The summed E-state index contributed by atoms with van der Waals surface area (Å²) in [7, 11) is 0. The minimum absolute atomic E-state index is 0.154. The van der Waals surface area contributed by atoms with Gasteiger partial charge < -0.3 is 20.1 Å². The zero-order chi connectivity index (χ0) is 16.2. The van der Waals surface area contributed by atoms with E-state index in [9.17, 15) is 4.79 Å². The second-order valence-corrected chi connectivity index (χ2v) is 5.39. The Balaban J connectivity index is 2.09. The van der Waals surface area contributed by atoms with Crippen LogP contribution in [0.3, 0.4) is 0 Å². The van der Waals surface area contributed by atoms with Gasteiger partial charge in [0.05, 0.1) is 6.10 Å². The van der Waals surface area contributed by atoms with E-state index in [0.717, 1.165) is 25.0 Å². The number of hydrogen-bond donors (Lipinski definition) is 2. The average molecular weight is 308 g/mol. The van der Waals surface area contributed by atoms with Gasteiger partial charge in [0, 0.05) is 13.2 Å². The van der Waals surface area contributed by atoms with Crippen LogP contribution in [0.15, 0.2) is 24.3 Å². The molecular formula is C17H28N2O3. The molecule has 1 aromatic rings. The Labute approximate surface area is 133 Å². The standard InChI is InChI=1S/C17H28N2O3/c1-4-6-15-7-9-16(10-8-15)22-13-19-17(20)18-11-5-12-21-14(2)3/h7-10,14H,4-6,11-13H2,1-3H3,(H2,18,19,20). The van der Waals surface area contributed by atoms with E-state index >= 15 is 0 Å². The predicted molar refractivity (Wildman–Crippen MR) is 88.2 cm³/mol. The first kappa shape index (κ1) is 18.3. The Kier molecular flexibility index (Phi) is 9.07. The lowest BCUT2D eigenvalue weighted by atomic mass is 10.1. The van der Waals surface area contributed by atoms with E-state index < -0.39 is 0 Å². The van der Waals surface area contributed by atoms with Gasteiger partial charge in [-0.1, -0.05) is 25.5 Å². The lowest BCUT2D eigenvalue weighted by Crippen LogP contribution is -2.38. The van der Waals surface area contributed by atoms with Crippen LogP contribution in [0.2, 0.25) is 0 Å². The molecular weight excluding hydrogens is 280 g/mol. The summed E-state index contributed by atoms with van der Waals surface area (Å²) in [6.07, 6.45) is 3.22. The van der Waals surface area contributed by atoms with Gasteiger partial charge in [-0.15, -0.1) is 0 Å². The Morgan fingerprint density at radius 2 is 1.91 bits per heavy atom. The summed E-state index contributed by atoms with van der Waals surface area (Å²) < 4.78 is 10.9. The maximum Gasteiger partial charge on any atom is 0.317 e. The van der Waals surface area contributed by atoms with Crippen LogP contribution >= 0.6 is 0 Å². The van der Waals surface area contributed by atoms with Gasteiger partial charge in [0.1, 0.15) is 5.75 Å². The first-order valence-corrected chi connectivity index (χ1v) is 7.97. The number of aryl methyl sites for hydroxylation is 1. The van der Waals surface area contributed by atoms with Crippen LogP contribution in [0.1, 0.15) is 39.2 Å². The van der Waals surface area contributed by atoms with Crippen molar-refractivity contribution in [1.29, 1.82) is 0 Å². The van der Waals surface area contributed by atoms with Crippen molar-refractivity contribution >= 4 is 6.03 Å². The average Bonchev–Trinajstić information content (AvgIpc) is 2.49. The van der Waals surface area contributed by atoms with E-state index in [2.05, 4.69) is 17.6 Å². The van der Waals surface area contributed by atoms with Crippen molar-refractivity contribution in [3.05, 3.63) is 29.8 Å². The highest BCUT2D eigenvalue weighted by Gasteiger charge is 2.00. The van der Waals surface area contributed by atoms with Crippen molar-refractivity contribution in [2.45, 2.75) is 46.1 Å². The molecule has 5 heteroatoms. The van der Waals surface area contributed by atoms with Gasteiger partial charge in [0.2, 0.25) is 0 Å². The zero-order valence-corrected chi connectivity index (χ0v) is 13.9. The predicted octanol–water partition coefficient (Wildman–Crippen LogP) is 3.09. The Morgan fingerprint density at radius 1 is 1.18 bits per heavy atom. The number of urea groups is 1. The molecule has 2 N–H and O–H groups in total. The Hall–Kier alpha value is -1.75. The minimum atomic E-state index is -0.229. The van der Waals surface area contributed by atoms with Gasteiger partial charge in [-0.25, -0.2) is 4.79 Å². The molecule has 2 amide bonds. The van der Waals surface area contributed by atoms with Gasteiger partial charge in [-0.05, 0) is 44.4 Å². The largest absolute Gasteiger partial charge is 0.473 e. The maximum atomic E-state index is 11.5. The zero-order valence-electron chi connectivity index (χ0n) is 13.9. The molecule has 1 rings (SSSR count). The summed E-state index contributed by atoms with van der Waals surface area (Å²) in [6.45, 7) is 7.53. The minimum Gasteiger partial charge on any atom is -0.473 e. The van der Waals surface area contributed by atoms with Crippen LogP contribution in [0.5, 0.6) is 5.75 Å². The molecule has 124 valence electrons. The molecule has 22 heavy (non-hydrogen) atoms. The van der Waals surface area contributed by atoms with Crippen molar-refractivity contribution < 1.29 is 14.3 Å². The summed E-state index contributed by atoms with van der Waals surface area (Å²) >= 11 is 0. The first-order valence-electron chi connectivity index (χ1n) is 7.97. The smallest absolute Gasteiger partial charge is 0.317 e. The van der Waals surface area contributed by atoms with Gasteiger partial charge in [0.25, 0.3) is 0 Å². The molecule has 0 atom stereocenters. The third kappa shape index (κ3) is 8.52. The van der Waals surface area contributed by atoms with Crippen molar-refractivity contribution in [1.82, 2.24) is 10.6 Å². The summed E-state index contributed by atoms with van der Waals surface area (Å²) in [6, 6.07) is 7.72. The van der Waals surface area contributed by atoms with Crippen LogP contribution in [0, 0.1) is 0 Å². The molecule has 5 nitrogen and oxygen atoms in total. The third-order valence-corrected chi connectivity index (χ3v) is 2.99. The fraction of sp³-hybridized carbons (Fsp3) is 0.588. The molecule has 0 bridgehead atoms. The van der Waals surface area contributed by atoms with Gasteiger partial charge >= 0.3 is 6.03 Å². The molecule has 0 heterocycles. The number of rotatable bonds is 10. The molecule has 0 fully saturated rings. The fourth-order valence-corrected chi connectivity index (χ4v) is 1.88. The molecule has 0 aromatic heterocycles. The molecule has 0 unspecified atom stereocenters. The number of carbonyl (C=O) groups excluding carboxylic acids is 1. The number of hydrogen-bond acceptors (Lipinski definition) is 3. The lowest BCUT2D eigenvalue weighted by Gasteiger charge is -2.10. The summed E-state index contributed by atoms with van der Waals surface area (Å²) in [5, 5.41) is 5.42. The van der Waals surface area contributed by atoms with Gasteiger partial charge in [0.15, 0.2) is 6.73 Å². The van der Waals surface area contributed by atoms with E-state index in [1.807, 2.05) is 38.1 Å². The second-order valence-electron chi connectivity index (χ2n) is 5.39. The van der Waals surface area contributed by atoms with Gasteiger partial charge in [-0.3, -0.25) is 0 Å². The number of carbonyl (C=O) groups is 1. The van der Waals surface area contributed by atoms with Gasteiger partial charge in [-0.2, -0.15) is 0 Å². The van der Waals surface area contributed by atoms with Crippen molar-refractivity contribution in [3.63, 3.8) is 0 Å². The highest BCUT2D eigenvalue weighted by atomic mass is 16.5. The number of amides is 2. The number of nitrogens with one attached hydrogen (secondary N) is 2. The molecule has 0 aliphatic rings. The van der Waals surface area contributed by atoms with Crippen molar-refractivity contribution in [3.8, 4) is 5.75 Å². The molecule has 0 spiro atoms. The molecule has 0 radical (unpaired) electrons. The Morgan fingerprint density at radius 3 is 2.55 bits per heavy atom. The van der Waals surface area contributed by atoms with Crippen LogP contribution in [0.4, 0.5) is 4.79 Å². The molecule has 0 saturated carbocycles. The van der Waals surface area contributed by atoms with Crippen molar-refractivity contribution in [2.24, 2.45) is 0 Å². The maximum absolute atomic E-state index is 11.5. The number of ether oxygens (including phenoxy) is 2. The quantitative estimate of drug-likeness (QED) is 0.516. The molecule has 0 aliphatic heterocycles. The van der Waals surface area contributed by atoms with Crippen LogP contribution < -0.4 is 15.4 Å². The molecule has 0 aliphatic carbocycles. The first-order chi connectivity index (χ1) is 10.6. The summed E-state index contributed by atoms with van der Waals surface area (Å²) in [4.78, 5) is 11.5. The normalized spacial score (nSPS) is 10.5. The fourth-order valence-electron chi connectivity index (χ4n) is 1.88. The summed E-state index contributed by atoms with van der Waals surface area (Å²) in [5.74, 6) is 0.755. The van der Waals surface area contributed by atoms with Crippen molar-refractivity contribution in [2.75, 3.05) is 19.9 Å². The van der Waals surface area contributed by atoms with Crippen LogP contribution in [0.25, 0.3) is 0 Å². The monoisotopic (exact) mass is 308 g/mol. The summed E-state index contributed by atoms with van der Waals surface area (Å²) in [5.41, 5.74) is 1.30. The van der Waals surface area contributed by atoms with E-state index in [1.165, 1.54) is 5.56 Å². The van der Waals surface area contributed by atoms with E-state index in [1.54, 1.807) is 0 Å². The highest BCUT2D eigenvalue weighted by molar-refractivity contribution is 5.73. The van der Waals surface area contributed by atoms with E-state index in [0.29, 0.717) is 13.2 Å². The molecule has 1 aromatic carbocycles.